The minimum atomic E-state index is -0.684. The lowest BCUT2D eigenvalue weighted by atomic mass is 9.76. The van der Waals surface area contributed by atoms with Crippen LogP contribution in [0.1, 0.15) is 32.6 Å². The van der Waals surface area contributed by atoms with E-state index in [0.29, 0.717) is 11.7 Å². The van der Waals surface area contributed by atoms with E-state index in [1.807, 2.05) is 6.92 Å². The Morgan fingerprint density at radius 1 is 1.72 bits per heavy atom. The number of hydrogen-bond donors (Lipinski definition) is 1. The first-order valence-electron chi connectivity index (χ1n) is 6.17. The molecule has 1 aliphatic rings. The van der Waals surface area contributed by atoms with E-state index in [-0.39, 0.29) is 0 Å². The summed E-state index contributed by atoms with van der Waals surface area (Å²) in [6.07, 6.45) is 3.26. The topological polar surface area (TPSA) is 53.4 Å². The van der Waals surface area contributed by atoms with Crippen LogP contribution in [0.3, 0.4) is 0 Å². The van der Waals surface area contributed by atoms with Gasteiger partial charge in [-0.15, -0.1) is 11.3 Å². The van der Waals surface area contributed by atoms with Crippen molar-refractivity contribution in [2.24, 2.45) is 5.41 Å². The number of halogens is 1. The van der Waals surface area contributed by atoms with E-state index < -0.39 is 11.4 Å². The van der Waals surface area contributed by atoms with Gasteiger partial charge in [0, 0.05) is 18.5 Å². The van der Waals surface area contributed by atoms with Gasteiger partial charge in [-0.05, 0) is 19.3 Å². The molecule has 0 aliphatic carbocycles. The lowest BCUT2D eigenvalue weighted by Gasteiger charge is -2.39. The largest absolute Gasteiger partial charge is 0.481 e. The van der Waals surface area contributed by atoms with Gasteiger partial charge in [0.15, 0.2) is 5.13 Å². The molecule has 1 unspecified atom stereocenters. The molecular weight excluding hydrogens is 272 g/mol. The molecule has 0 saturated carbocycles. The van der Waals surface area contributed by atoms with E-state index >= 15 is 0 Å². The van der Waals surface area contributed by atoms with Crippen LogP contribution in [0.4, 0.5) is 5.13 Å². The molecule has 1 N–H and O–H groups in total. The van der Waals surface area contributed by atoms with Crippen LogP contribution in [0.15, 0.2) is 5.38 Å². The molecule has 0 radical (unpaired) electrons. The summed E-state index contributed by atoms with van der Waals surface area (Å²) in [5.74, 6) is -0.684. The van der Waals surface area contributed by atoms with Crippen LogP contribution in [-0.4, -0.2) is 29.1 Å². The lowest BCUT2D eigenvalue weighted by Crippen LogP contribution is -2.48. The van der Waals surface area contributed by atoms with Gasteiger partial charge < -0.3 is 10.0 Å². The molecule has 18 heavy (non-hydrogen) atoms. The standard InChI is InChI=1S/C12H17ClN2O2S/c1-2-4-12(10(16)17)5-3-6-15(8-12)11-14-9(13)7-18-11/h7H,2-6,8H2,1H3,(H,16,17). The summed E-state index contributed by atoms with van der Waals surface area (Å²) in [5, 5.41) is 12.6. The Labute approximate surface area is 116 Å². The van der Waals surface area contributed by atoms with Gasteiger partial charge in [0.25, 0.3) is 0 Å². The van der Waals surface area contributed by atoms with Crippen molar-refractivity contribution in [2.75, 3.05) is 18.0 Å². The Balaban J connectivity index is 2.18. The molecule has 1 aromatic heterocycles. The van der Waals surface area contributed by atoms with E-state index in [1.54, 1.807) is 5.38 Å². The number of piperidine rings is 1. The van der Waals surface area contributed by atoms with Gasteiger partial charge in [-0.25, -0.2) is 4.98 Å². The van der Waals surface area contributed by atoms with Crippen LogP contribution in [0.5, 0.6) is 0 Å². The maximum absolute atomic E-state index is 11.6. The normalized spacial score (nSPS) is 24.2. The van der Waals surface area contributed by atoms with Crippen molar-refractivity contribution in [3.05, 3.63) is 10.5 Å². The number of anilines is 1. The molecule has 0 amide bonds. The maximum atomic E-state index is 11.6. The smallest absolute Gasteiger partial charge is 0.311 e. The molecule has 1 atom stereocenters. The average Bonchev–Trinajstić information content (AvgIpc) is 2.76. The number of aromatic nitrogens is 1. The molecule has 0 aromatic carbocycles. The lowest BCUT2D eigenvalue weighted by molar-refractivity contribution is -0.150. The number of nitrogens with zero attached hydrogens (tertiary/aromatic N) is 2. The molecule has 4 nitrogen and oxygen atoms in total. The van der Waals surface area contributed by atoms with Crippen LogP contribution in [-0.2, 0) is 4.79 Å². The van der Waals surface area contributed by atoms with Crippen LogP contribution in [0.25, 0.3) is 0 Å². The van der Waals surface area contributed by atoms with E-state index in [1.165, 1.54) is 11.3 Å². The van der Waals surface area contributed by atoms with Crippen LogP contribution in [0, 0.1) is 5.41 Å². The third-order valence-electron chi connectivity index (χ3n) is 3.49. The number of aliphatic carboxylic acids is 1. The summed E-state index contributed by atoms with van der Waals surface area (Å²) in [5.41, 5.74) is -0.620. The van der Waals surface area contributed by atoms with Gasteiger partial charge in [-0.1, -0.05) is 24.9 Å². The summed E-state index contributed by atoms with van der Waals surface area (Å²) in [6.45, 7) is 3.44. The van der Waals surface area contributed by atoms with Gasteiger partial charge in [0.1, 0.15) is 5.15 Å². The van der Waals surface area contributed by atoms with Crippen LogP contribution in [0.2, 0.25) is 5.15 Å². The second-order valence-corrected chi connectivity index (χ2v) is 6.04. The third kappa shape index (κ3) is 2.62. The highest BCUT2D eigenvalue weighted by molar-refractivity contribution is 7.14. The fourth-order valence-corrected chi connectivity index (χ4v) is 3.62. The Morgan fingerprint density at radius 2 is 2.50 bits per heavy atom. The van der Waals surface area contributed by atoms with E-state index in [4.69, 9.17) is 11.6 Å². The summed E-state index contributed by atoms with van der Waals surface area (Å²) in [7, 11) is 0. The first-order chi connectivity index (χ1) is 8.57. The zero-order valence-electron chi connectivity index (χ0n) is 10.4. The molecule has 6 heteroatoms. The summed E-state index contributed by atoms with van der Waals surface area (Å²) in [4.78, 5) is 17.9. The summed E-state index contributed by atoms with van der Waals surface area (Å²) < 4.78 is 0. The third-order valence-corrected chi connectivity index (χ3v) is 4.72. The predicted molar refractivity (Wildman–Crippen MR) is 73.5 cm³/mol. The highest BCUT2D eigenvalue weighted by Gasteiger charge is 2.42. The number of rotatable bonds is 4. The number of carboxylic acid groups (broad SMARTS) is 1. The molecule has 1 fully saturated rings. The number of thiazole rings is 1. The van der Waals surface area contributed by atoms with Crippen molar-refractivity contribution in [1.29, 1.82) is 0 Å². The second kappa shape index (κ2) is 5.45. The fourth-order valence-electron chi connectivity index (χ4n) is 2.65. The van der Waals surface area contributed by atoms with Crippen molar-refractivity contribution in [1.82, 2.24) is 4.98 Å². The zero-order chi connectivity index (χ0) is 13.2. The minimum absolute atomic E-state index is 0.483. The molecule has 2 heterocycles. The van der Waals surface area contributed by atoms with Crippen LogP contribution >= 0.6 is 22.9 Å². The first kappa shape index (κ1) is 13.6. The molecular formula is C12H17ClN2O2S. The zero-order valence-corrected chi connectivity index (χ0v) is 11.9. The quantitative estimate of drug-likeness (QED) is 0.924. The summed E-state index contributed by atoms with van der Waals surface area (Å²) >= 11 is 7.31. The first-order valence-corrected chi connectivity index (χ1v) is 7.42. The highest BCUT2D eigenvalue weighted by Crippen LogP contribution is 2.38. The molecule has 100 valence electrons. The van der Waals surface area contributed by atoms with E-state index in [2.05, 4.69) is 9.88 Å². The summed E-state index contributed by atoms with van der Waals surface area (Å²) in [6, 6.07) is 0. The highest BCUT2D eigenvalue weighted by atomic mass is 35.5. The number of carboxylic acids is 1. The van der Waals surface area contributed by atoms with Crippen molar-refractivity contribution in [3.8, 4) is 0 Å². The van der Waals surface area contributed by atoms with Gasteiger partial charge in [-0.2, -0.15) is 0 Å². The maximum Gasteiger partial charge on any atom is 0.311 e. The van der Waals surface area contributed by atoms with Crippen molar-refractivity contribution < 1.29 is 9.90 Å². The van der Waals surface area contributed by atoms with E-state index in [0.717, 1.165) is 37.4 Å². The van der Waals surface area contributed by atoms with Gasteiger partial charge >= 0.3 is 5.97 Å². The average molecular weight is 289 g/mol. The molecule has 0 bridgehead atoms. The van der Waals surface area contributed by atoms with E-state index in [9.17, 15) is 9.90 Å². The molecule has 0 spiro atoms. The van der Waals surface area contributed by atoms with Crippen molar-refractivity contribution in [3.63, 3.8) is 0 Å². The Hall–Kier alpha value is -0.810. The van der Waals surface area contributed by atoms with Gasteiger partial charge in [0.05, 0.1) is 5.41 Å². The SMILES string of the molecule is CCCC1(C(=O)O)CCCN(c2nc(Cl)cs2)C1. The fraction of sp³-hybridized carbons (Fsp3) is 0.667. The minimum Gasteiger partial charge on any atom is -0.481 e. The van der Waals surface area contributed by atoms with Gasteiger partial charge in [-0.3, -0.25) is 4.79 Å². The molecule has 2 rings (SSSR count). The Bertz CT molecular complexity index is 433. The van der Waals surface area contributed by atoms with Gasteiger partial charge in [0.2, 0.25) is 0 Å². The monoisotopic (exact) mass is 288 g/mol. The van der Waals surface area contributed by atoms with Crippen molar-refractivity contribution >= 4 is 34.0 Å². The Kier molecular flexibility index (Phi) is 4.12. The number of carbonyl (C=O) groups is 1. The van der Waals surface area contributed by atoms with Crippen molar-refractivity contribution in [2.45, 2.75) is 32.6 Å². The molecule has 1 saturated heterocycles. The molecule has 1 aliphatic heterocycles. The number of hydrogen-bond acceptors (Lipinski definition) is 4. The predicted octanol–water partition coefficient (Wildman–Crippen LogP) is 3.27. The molecule has 1 aromatic rings. The second-order valence-electron chi connectivity index (χ2n) is 4.81. The Morgan fingerprint density at radius 3 is 3.06 bits per heavy atom. The van der Waals surface area contributed by atoms with Crippen LogP contribution < -0.4 is 4.90 Å².